The molecule has 0 atom stereocenters. The van der Waals surface area contributed by atoms with Gasteiger partial charge in [-0.05, 0) is 18.6 Å². The second-order valence-corrected chi connectivity index (χ2v) is 5.80. The lowest BCUT2D eigenvalue weighted by molar-refractivity contribution is 0.410. The molecule has 4 nitrogen and oxygen atoms in total. The zero-order valence-electron chi connectivity index (χ0n) is 10.2. The molecule has 0 aliphatic carbocycles. The van der Waals surface area contributed by atoms with Crippen molar-refractivity contribution in [3.05, 3.63) is 30.3 Å². The second kappa shape index (κ2) is 6.74. The van der Waals surface area contributed by atoms with Gasteiger partial charge in [0.15, 0.2) is 0 Å². The predicted octanol–water partition coefficient (Wildman–Crippen LogP) is 1.44. The van der Waals surface area contributed by atoms with E-state index in [-0.39, 0.29) is 0 Å². The fourth-order valence-corrected chi connectivity index (χ4v) is 3.09. The number of unbranched alkanes of at least 4 members (excludes halogenated alkanes) is 1. The van der Waals surface area contributed by atoms with Gasteiger partial charge in [-0.15, -0.1) is 0 Å². The normalized spacial score (nSPS) is 11.9. The van der Waals surface area contributed by atoms with E-state index in [1.807, 2.05) is 6.92 Å². The highest BCUT2D eigenvalue weighted by Crippen LogP contribution is 2.15. The van der Waals surface area contributed by atoms with Gasteiger partial charge in [-0.25, -0.2) is 8.42 Å². The van der Waals surface area contributed by atoms with Gasteiger partial charge in [0, 0.05) is 19.6 Å². The standard InChI is InChI=1S/C12H20N2O2S/c1-2-3-10-14(11-9-13)17(15,16)12-7-5-4-6-8-12/h4-8H,2-3,9-11,13H2,1H3. The molecule has 0 saturated carbocycles. The number of nitrogens with zero attached hydrogens (tertiary/aromatic N) is 1. The van der Waals surface area contributed by atoms with Crippen LogP contribution < -0.4 is 5.73 Å². The van der Waals surface area contributed by atoms with Gasteiger partial charge < -0.3 is 5.73 Å². The van der Waals surface area contributed by atoms with Crippen molar-refractivity contribution in [3.63, 3.8) is 0 Å². The summed E-state index contributed by atoms with van der Waals surface area (Å²) in [6.45, 7) is 3.29. The number of hydrogen-bond acceptors (Lipinski definition) is 3. The van der Waals surface area contributed by atoms with E-state index < -0.39 is 10.0 Å². The molecule has 0 saturated heterocycles. The SMILES string of the molecule is CCCCN(CCN)S(=O)(=O)c1ccccc1. The van der Waals surface area contributed by atoms with Gasteiger partial charge in [-0.2, -0.15) is 4.31 Å². The fourth-order valence-electron chi connectivity index (χ4n) is 1.57. The molecule has 5 heteroatoms. The molecular weight excluding hydrogens is 236 g/mol. The molecule has 0 unspecified atom stereocenters. The maximum absolute atomic E-state index is 12.3. The van der Waals surface area contributed by atoms with E-state index in [0.29, 0.717) is 24.5 Å². The monoisotopic (exact) mass is 256 g/mol. The topological polar surface area (TPSA) is 63.4 Å². The first-order valence-corrected chi connectivity index (χ1v) is 7.32. The third-order valence-electron chi connectivity index (χ3n) is 2.52. The minimum atomic E-state index is -3.38. The van der Waals surface area contributed by atoms with Gasteiger partial charge in [-0.1, -0.05) is 31.5 Å². The first kappa shape index (κ1) is 14.2. The minimum Gasteiger partial charge on any atom is -0.329 e. The summed E-state index contributed by atoms with van der Waals surface area (Å²) in [7, 11) is -3.38. The van der Waals surface area contributed by atoms with Crippen LogP contribution in [-0.4, -0.2) is 32.4 Å². The summed E-state index contributed by atoms with van der Waals surface area (Å²) >= 11 is 0. The molecule has 0 heterocycles. The lowest BCUT2D eigenvalue weighted by Crippen LogP contribution is -2.36. The van der Waals surface area contributed by atoms with Crippen molar-refractivity contribution in [1.82, 2.24) is 4.31 Å². The van der Waals surface area contributed by atoms with Crippen molar-refractivity contribution in [2.24, 2.45) is 5.73 Å². The lowest BCUT2D eigenvalue weighted by Gasteiger charge is -2.21. The minimum absolute atomic E-state index is 0.338. The molecule has 0 spiro atoms. The highest BCUT2D eigenvalue weighted by Gasteiger charge is 2.22. The Kier molecular flexibility index (Phi) is 5.61. The third kappa shape index (κ3) is 3.80. The van der Waals surface area contributed by atoms with Crippen LogP contribution in [0.25, 0.3) is 0 Å². The van der Waals surface area contributed by atoms with E-state index in [1.165, 1.54) is 4.31 Å². The van der Waals surface area contributed by atoms with Gasteiger partial charge in [0.1, 0.15) is 0 Å². The number of sulfonamides is 1. The van der Waals surface area contributed by atoms with Crippen LogP contribution in [0.3, 0.4) is 0 Å². The molecule has 0 aromatic heterocycles. The van der Waals surface area contributed by atoms with E-state index in [2.05, 4.69) is 0 Å². The van der Waals surface area contributed by atoms with E-state index in [4.69, 9.17) is 5.73 Å². The number of rotatable bonds is 7. The van der Waals surface area contributed by atoms with E-state index in [1.54, 1.807) is 30.3 Å². The molecule has 2 N–H and O–H groups in total. The fraction of sp³-hybridized carbons (Fsp3) is 0.500. The molecule has 0 amide bonds. The summed E-state index contributed by atoms with van der Waals surface area (Å²) < 4.78 is 26.1. The summed E-state index contributed by atoms with van der Waals surface area (Å²) in [6, 6.07) is 8.49. The maximum atomic E-state index is 12.3. The number of nitrogens with two attached hydrogens (primary N) is 1. The van der Waals surface area contributed by atoms with Crippen LogP contribution in [0, 0.1) is 0 Å². The molecule has 0 fully saturated rings. The average Bonchev–Trinajstić information content (AvgIpc) is 2.35. The predicted molar refractivity (Wildman–Crippen MR) is 69.2 cm³/mol. The van der Waals surface area contributed by atoms with Crippen molar-refractivity contribution >= 4 is 10.0 Å². The Morgan fingerprint density at radius 2 is 1.82 bits per heavy atom. The van der Waals surface area contributed by atoms with Crippen molar-refractivity contribution < 1.29 is 8.42 Å². The van der Waals surface area contributed by atoms with Gasteiger partial charge in [-0.3, -0.25) is 0 Å². The number of hydrogen-bond donors (Lipinski definition) is 1. The Morgan fingerprint density at radius 3 is 2.35 bits per heavy atom. The van der Waals surface area contributed by atoms with Crippen LogP contribution in [-0.2, 0) is 10.0 Å². The molecule has 0 radical (unpaired) electrons. The molecule has 1 aromatic rings. The van der Waals surface area contributed by atoms with Crippen molar-refractivity contribution in [1.29, 1.82) is 0 Å². The Balaban J connectivity index is 2.92. The van der Waals surface area contributed by atoms with Crippen LogP contribution in [0.2, 0.25) is 0 Å². The lowest BCUT2D eigenvalue weighted by atomic mass is 10.3. The molecule has 1 rings (SSSR count). The summed E-state index contributed by atoms with van der Waals surface area (Å²) in [5.74, 6) is 0. The van der Waals surface area contributed by atoms with Crippen LogP contribution in [0.4, 0.5) is 0 Å². The number of benzene rings is 1. The summed E-state index contributed by atoms with van der Waals surface area (Å²) in [4.78, 5) is 0.338. The Bertz CT molecular complexity index is 417. The first-order chi connectivity index (χ1) is 8.12. The molecule has 1 aromatic carbocycles. The van der Waals surface area contributed by atoms with Gasteiger partial charge in [0.25, 0.3) is 0 Å². The van der Waals surface area contributed by atoms with Crippen molar-refractivity contribution in [3.8, 4) is 0 Å². The Morgan fingerprint density at radius 1 is 1.18 bits per heavy atom. The zero-order chi connectivity index (χ0) is 12.7. The molecular formula is C12H20N2O2S. The highest BCUT2D eigenvalue weighted by molar-refractivity contribution is 7.89. The zero-order valence-corrected chi connectivity index (χ0v) is 11.0. The van der Waals surface area contributed by atoms with Crippen LogP contribution in [0.5, 0.6) is 0 Å². The van der Waals surface area contributed by atoms with Crippen LogP contribution in [0.1, 0.15) is 19.8 Å². The maximum Gasteiger partial charge on any atom is 0.243 e. The second-order valence-electron chi connectivity index (χ2n) is 3.86. The molecule has 0 aliphatic heterocycles. The molecule has 0 aliphatic rings. The molecule has 96 valence electrons. The summed E-state index contributed by atoms with van der Waals surface area (Å²) in [6.07, 6.45) is 1.82. The Hall–Kier alpha value is -0.910. The highest BCUT2D eigenvalue weighted by atomic mass is 32.2. The average molecular weight is 256 g/mol. The quantitative estimate of drug-likeness (QED) is 0.803. The van der Waals surface area contributed by atoms with E-state index in [9.17, 15) is 8.42 Å². The summed E-state index contributed by atoms with van der Waals surface area (Å²) in [5, 5.41) is 0. The smallest absolute Gasteiger partial charge is 0.243 e. The van der Waals surface area contributed by atoms with Gasteiger partial charge >= 0.3 is 0 Å². The molecule has 17 heavy (non-hydrogen) atoms. The largest absolute Gasteiger partial charge is 0.329 e. The molecule has 0 bridgehead atoms. The summed E-state index contributed by atoms with van der Waals surface area (Å²) in [5.41, 5.74) is 5.47. The van der Waals surface area contributed by atoms with E-state index >= 15 is 0 Å². The Labute approximate surface area is 103 Å². The van der Waals surface area contributed by atoms with Crippen molar-refractivity contribution in [2.75, 3.05) is 19.6 Å². The third-order valence-corrected chi connectivity index (χ3v) is 4.43. The van der Waals surface area contributed by atoms with Gasteiger partial charge in [0.05, 0.1) is 4.90 Å². The first-order valence-electron chi connectivity index (χ1n) is 5.88. The van der Waals surface area contributed by atoms with Crippen molar-refractivity contribution in [2.45, 2.75) is 24.7 Å². The van der Waals surface area contributed by atoms with Crippen LogP contribution in [0.15, 0.2) is 35.2 Å². The van der Waals surface area contributed by atoms with E-state index in [0.717, 1.165) is 12.8 Å². The van der Waals surface area contributed by atoms with Gasteiger partial charge in [0.2, 0.25) is 10.0 Å². The van der Waals surface area contributed by atoms with Crippen LogP contribution >= 0.6 is 0 Å².